The van der Waals surface area contributed by atoms with E-state index in [-0.39, 0.29) is 5.41 Å². The van der Waals surface area contributed by atoms with Gasteiger partial charge in [0.25, 0.3) is 0 Å². The molecule has 3 nitrogen and oxygen atoms in total. The van der Waals surface area contributed by atoms with Crippen molar-refractivity contribution in [3.63, 3.8) is 0 Å². The van der Waals surface area contributed by atoms with Crippen LogP contribution >= 0.6 is 0 Å². The lowest BCUT2D eigenvalue weighted by atomic mass is 9.55. The van der Waals surface area contributed by atoms with Gasteiger partial charge in [-0.05, 0) is 73.1 Å². The normalized spacial score (nSPS) is 35.3. The highest BCUT2D eigenvalue weighted by Crippen LogP contribution is 2.60. The summed E-state index contributed by atoms with van der Waals surface area (Å²) in [6.45, 7) is 2.23. The third kappa shape index (κ3) is 2.05. The molecule has 124 valence electrons. The fraction of sp³-hybridized carbons (Fsp3) is 0.650. The zero-order valence-electron chi connectivity index (χ0n) is 14.4. The molecule has 4 unspecified atom stereocenters. The van der Waals surface area contributed by atoms with Gasteiger partial charge in [-0.1, -0.05) is 6.92 Å². The summed E-state index contributed by atoms with van der Waals surface area (Å²) in [6, 6.07) is 4.36. The van der Waals surface area contributed by atoms with Gasteiger partial charge in [0.05, 0.1) is 14.2 Å². The lowest BCUT2D eigenvalue weighted by Crippen LogP contribution is -2.42. The van der Waals surface area contributed by atoms with Crippen LogP contribution in [0.1, 0.15) is 56.1 Å². The SMILES string of the molecule is COc1cc2c(cc1OC)C1CCC3(C)C(=O)CCC3C1CC2. The Kier molecular flexibility index (Phi) is 3.44. The highest BCUT2D eigenvalue weighted by Gasteiger charge is 2.54. The minimum absolute atomic E-state index is 0.0464. The van der Waals surface area contributed by atoms with Crippen molar-refractivity contribution in [3.8, 4) is 11.5 Å². The molecule has 0 heterocycles. The minimum Gasteiger partial charge on any atom is -0.493 e. The van der Waals surface area contributed by atoms with E-state index in [2.05, 4.69) is 19.1 Å². The van der Waals surface area contributed by atoms with E-state index in [9.17, 15) is 4.79 Å². The Bertz CT molecular complexity index is 651. The van der Waals surface area contributed by atoms with Crippen LogP contribution in [0.25, 0.3) is 0 Å². The molecular formula is C20H26O3. The molecule has 0 N–H and O–H groups in total. The molecule has 0 aliphatic heterocycles. The van der Waals surface area contributed by atoms with Crippen molar-refractivity contribution in [2.75, 3.05) is 14.2 Å². The molecule has 0 aromatic heterocycles. The first-order valence-electron chi connectivity index (χ1n) is 8.86. The van der Waals surface area contributed by atoms with Gasteiger partial charge in [-0.3, -0.25) is 4.79 Å². The number of hydrogen-bond donors (Lipinski definition) is 0. The first kappa shape index (κ1) is 15.0. The summed E-state index contributed by atoms with van der Waals surface area (Å²) in [6.07, 6.45) is 6.37. The summed E-state index contributed by atoms with van der Waals surface area (Å²) in [4.78, 5) is 12.4. The summed E-state index contributed by atoms with van der Waals surface area (Å²) in [5.74, 6) is 4.01. The number of Topliss-reactive ketones (excluding diaryl/α,β-unsaturated/α-hetero) is 1. The number of aryl methyl sites for hydroxylation is 1. The number of carbonyl (C=O) groups is 1. The largest absolute Gasteiger partial charge is 0.493 e. The maximum atomic E-state index is 12.4. The van der Waals surface area contributed by atoms with Gasteiger partial charge in [-0.15, -0.1) is 0 Å². The van der Waals surface area contributed by atoms with Gasteiger partial charge in [-0.25, -0.2) is 0 Å². The molecule has 3 heteroatoms. The Morgan fingerprint density at radius 1 is 1.04 bits per heavy atom. The zero-order chi connectivity index (χ0) is 16.2. The molecular weight excluding hydrogens is 288 g/mol. The number of carbonyl (C=O) groups excluding carboxylic acids is 1. The molecule has 0 amide bonds. The number of ketones is 1. The quantitative estimate of drug-likeness (QED) is 0.823. The Labute approximate surface area is 138 Å². The standard InChI is InChI=1S/C20H26O3/c1-20-9-8-13-14(16(20)6-7-19(20)21)5-4-12-10-17(22-2)18(23-3)11-15(12)13/h10-11,13-14,16H,4-9H2,1-3H3. The Balaban J connectivity index is 1.73. The summed E-state index contributed by atoms with van der Waals surface area (Å²) in [5.41, 5.74) is 2.81. The van der Waals surface area contributed by atoms with Crippen LogP contribution in [-0.2, 0) is 11.2 Å². The molecule has 1 aromatic rings. The second kappa shape index (κ2) is 5.25. The first-order valence-corrected chi connectivity index (χ1v) is 8.86. The molecule has 0 saturated heterocycles. The van der Waals surface area contributed by atoms with Crippen LogP contribution in [0, 0.1) is 17.3 Å². The van der Waals surface area contributed by atoms with Crippen LogP contribution in [0.3, 0.4) is 0 Å². The molecule has 2 saturated carbocycles. The van der Waals surface area contributed by atoms with Gasteiger partial charge in [0.15, 0.2) is 11.5 Å². The Morgan fingerprint density at radius 3 is 2.52 bits per heavy atom. The van der Waals surface area contributed by atoms with Crippen LogP contribution in [-0.4, -0.2) is 20.0 Å². The number of rotatable bonds is 2. The van der Waals surface area contributed by atoms with Crippen molar-refractivity contribution < 1.29 is 14.3 Å². The maximum Gasteiger partial charge on any atom is 0.161 e. The molecule has 3 aliphatic rings. The van der Waals surface area contributed by atoms with Gasteiger partial charge in [-0.2, -0.15) is 0 Å². The number of methoxy groups -OCH3 is 2. The van der Waals surface area contributed by atoms with E-state index >= 15 is 0 Å². The summed E-state index contributed by atoms with van der Waals surface area (Å²) in [7, 11) is 3.41. The van der Waals surface area contributed by atoms with Crippen molar-refractivity contribution in [2.45, 2.75) is 51.4 Å². The van der Waals surface area contributed by atoms with E-state index < -0.39 is 0 Å². The van der Waals surface area contributed by atoms with Gasteiger partial charge in [0.1, 0.15) is 5.78 Å². The topological polar surface area (TPSA) is 35.5 Å². The molecule has 4 atom stereocenters. The van der Waals surface area contributed by atoms with Gasteiger partial charge in [0, 0.05) is 11.8 Å². The minimum atomic E-state index is -0.0464. The van der Waals surface area contributed by atoms with Crippen LogP contribution in [0.15, 0.2) is 12.1 Å². The smallest absolute Gasteiger partial charge is 0.161 e. The van der Waals surface area contributed by atoms with Crippen LogP contribution in [0.5, 0.6) is 11.5 Å². The third-order valence-electron chi connectivity index (χ3n) is 6.94. The third-order valence-corrected chi connectivity index (χ3v) is 6.94. The van der Waals surface area contributed by atoms with Gasteiger partial charge < -0.3 is 9.47 Å². The van der Waals surface area contributed by atoms with Crippen molar-refractivity contribution >= 4 is 5.78 Å². The van der Waals surface area contributed by atoms with Crippen molar-refractivity contribution in [1.82, 2.24) is 0 Å². The van der Waals surface area contributed by atoms with Gasteiger partial charge in [0.2, 0.25) is 0 Å². The van der Waals surface area contributed by atoms with Crippen LogP contribution in [0.4, 0.5) is 0 Å². The summed E-state index contributed by atoms with van der Waals surface area (Å²) in [5, 5.41) is 0. The van der Waals surface area contributed by atoms with E-state index in [0.717, 1.165) is 43.6 Å². The highest BCUT2D eigenvalue weighted by atomic mass is 16.5. The van der Waals surface area contributed by atoms with E-state index in [1.54, 1.807) is 14.2 Å². The van der Waals surface area contributed by atoms with Gasteiger partial charge >= 0.3 is 0 Å². The highest BCUT2D eigenvalue weighted by molar-refractivity contribution is 5.87. The second-order valence-electron chi connectivity index (χ2n) is 7.74. The molecule has 4 rings (SSSR count). The average molecular weight is 314 g/mol. The predicted molar refractivity (Wildman–Crippen MR) is 89.2 cm³/mol. The van der Waals surface area contributed by atoms with E-state index in [1.807, 2.05) is 0 Å². The fourth-order valence-corrected chi connectivity index (χ4v) is 5.67. The predicted octanol–water partition coefficient (Wildman–Crippen LogP) is 4.13. The van der Waals surface area contributed by atoms with Crippen molar-refractivity contribution in [3.05, 3.63) is 23.3 Å². The Hall–Kier alpha value is -1.51. The number of fused-ring (bicyclic) bond motifs is 5. The molecule has 0 radical (unpaired) electrons. The van der Waals surface area contributed by atoms with E-state index in [0.29, 0.717) is 23.5 Å². The van der Waals surface area contributed by atoms with Crippen LogP contribution < -0.4 is 9.47 Å². The average Bonchev–Trinajstić information content (AvgIpc) is 2.88. The lowest BCUT2D eigenvalue weighted by Gasteiger charge is -2.48. The summed E-state index contributed by atoms with van der Waals surface area (Å²) >= 11 is 0. The second-order valence-corrected chi connectivity index (χ2v) is 7.74. The van der Waals surface area contributed by atoms with Crippen molar-refractivity contribution in [1.29, 1.82) is 0 Å². The number of ether oxygens (including phenoxy) is 2. The molecule has 23 heavy (non-hydrogen) atoms. The molecule has 0 spiro atoms. The molecule has 2 fully saturated rings. The number of benzene rings is 1. The molecule has 3 aliphatic carbocycles. The van der Waals surface area contributed by atoms with Crippen molar-refractivity contribution in [2.24, 2.45) is 17.3 Å². The fourth-order valence-electron chi connectivity index (χ4n) is 5.67. The lowest BCUT2D eigenvalue weighted by molar-refractivity contribution is -0.129. The Morgan fingerprint density at radius 2 is 1.78 bits per heavy atom. The van der Waals surface area contributed by atoms with Crippen LogP contribution in [0.2, 0.25) is 0 Å². The maximum absolute atomic E-state index is 12.4. The van der Waals surface area contributed by atoms with E-state index in [1.165, 1.54) is 17.5 Å². The first-order chi connectivity index (χ1) is 11.1. The molecule has 1 aromatic carbocycles. The zero-order valence-corrected chi connectivity index (χ0v) is 14.4. The monoisotopic (exact) mass is 314 g/mol. The number of hydrogen-bond acceptors (Lipinski definition) is 3. The molecule has 0 bridgehead atoms. The summed E-state index contributed by atoms with van der Waals surface area (Å²) < 4.78 is 11.0. The van der Waals surface area contributed by atoms with E-state index in [4.69, 9.17) is 9.47 Å².